The zero-order chi connectivity index (χ0) is 28.8. The van der Waals surface area contributed by atoms with Gasteiger partial charge in [0.05, 0.1) is 34.2 Å². The number of rotatable bonds is 7. The quantitative estimate of drug-likeness (QED) is 0.197. The van der Waals surface area contributed by atoms with Gasteiger partial charge in [0.25, 0.3) is 0 Å². The van der Waals surface area contributed by atoms with Gasteiger partial charge in [-0.25, -0.2) is 9.97 Å². The Morgan fingerprint density at radius 1 is 0.302 bits per heavy atom. The fraction of sp³-hybridized carbons (Fsp3) is 0. The molecule has 0 fully saturated rings. The van der Waals surface area contributed by atoms with Gasteiger partial charge < -0.3 is 4.90 Å². The van der Waals surface area contributed by atoms with Crippen molar-refractivity contribution in [2.75, 3.05) is 4.90 Å². The van der Waals surface area contributed by atoms with Gasteiger partial charge in [0, 0.05) is 40.6 Å². The Bertz CT molecular complexity index is 1810. The third-order valence-electron chi connectivity index (χ3n) is 7.21. The minimum absolute atomic E-state index is 0.855. The fourth-order valence-electron chi connectivity index (χ4n) is 5.09. The lowest BCUT2D eigenvalue weighted by molar-refractivity contribution is 1.24. The van der Waals surface area contributed by atoms with Crippen LogP contribution in [0.15, 0.2) is 164 Å². The lowest BCUT2D eigenvalue weighted by Crippen LogP contribution is -2.09. The normalized spacial score (nSPS) is 10.8. The van der Waals surface area contributed by atoms with Crippen molar-refractivity contribution in [3.8, 4) is 45.3 Å². The molecule has 3 aromatic carbocycles. The second-order valence-corrected chi connectivity index (χ2v) is 10.0. The molecule has 7 rings (SSSR count). The van der Waals surface area contributed by atoms with E-state index in [4.69, 9.17) is 9.97 Å². The van der Waals surface area contributed by atoms with Crippen LogP contribution in [0.2, 0.25) is 0 Å². The lowest BCUT2D eigenvalue weighted by Gasteiger charge is -2.26. The number of hydrogen-bond acceptors (Lipinski definition) is 5. The molecule has 0 saturated carbocycles. The van der Waals surface area contributed by atoms with Gasteiger partial charge in [0.2, 0.25) is 0 Å². The first-order valence-electron chi connectivity index (χ1n) is 14.1. The Morgan fingerprint density at radius 2 is 0.698 bits per heavy atom. The van der Waals surface area contributed by atoms with E-state index in [2.05, 4.69) is 87.7 Å². The van der Waals surface area contributed by atoms with Crippen LogP contribution < -0.4 is 4.90 Å². The highest BCUT2D eigenvalue weighted by Gasteiger charge is 2.14. The highest BCUT2D eigenvalue weighted by Crippen LogP contribution is 2.36. The summed E-state index contributed by atoms with van der Waals surface area (Å²) in [6.45, 7) is 0. The van der Waals surface area contributed by atoms with Gasteiger partial charge in [-0.2, -0.15) is 0 Å². The summed E-state index contributed by atoms with van der Waals surface area (Å²) in [5.74, 6) is 0. The first-order chi connectivity index (χ1) is 21.3. The van der Waals surface area contributed by atoms with Gasteiger partial charge in [-0.1, -0.05) is 66.7 Å². The van der Waals surface area contributed by atoms with Crippen LogP contribution >= 0.6 is 0 Å². The molecule has 0 radical (unpaired) electrons. The summed E-state index contributed by atoms with van der Waals surface area (Å²) in [6, 6.07) is 51.3. The SMILES string of the molecule is c1ccc(N(c2ccc(-c3cccc(-c4ccccn4)n3)cc2)c2ccc(-c3cccc(-c4ccccn4)n3)cc2)cc1. The summed E-state index contributed by atoms with van der Waals surface area (Å²) in [7, 11) is 0. The summed E-state index contributed by atoms with van der Waals surface area (Å²) in [5, 5.41) is 0. The first kappa shape index (κ1) is 26.0. The maximum Gasteiger partial charge on any atom is 0.0893 e. The summed E-state index contributed by atoms with van der Waals surface area (Å²) >= 11 is 0. The highest BCUT2D eigenvalue weighted by atomic mass is 15.1. The number of anilines is 3. The Balaban J connectivity index is 1.20. The van der Waals surface area contributed by atoms with Crippen molar-refractivity contribution in [3.63, 3.8) is 0 Å². The average Bonchev–Trinajstić information content (AvgIpc) is 3.10. The molecule has 0 aliphatic heterocycles. The van der Waals surface area contributed by atoms with Crippen LogP contribution in [-0.2, 0) is 0 Å². The van der Waals surface area contributed by atoms with Crippen LogP contribution in [0.5, 0.6) is 0 Å². The first-order valence-corrected chi connectivity index (χ1v) is 14.1. The third kappa shape index (κ3) is 5.65. The molecule has 204 valence electrons. The number of nitrogens with zero attached hydrogens (tertiary/aromatic N) is 5. The zero-order valence-electron chi connectivity index (χ0n) is 23.3. The van der Waals surface area contributed by atoms with Gasteiger partial charge in [0.1, 0.15) is 0 Å². The summed E-state index contributed by atoms with van der Waals surface area (Å²) in [6.07, 6.45) is 3.58. The Hall–Kier alpha value is -5.94. The Morgan fingerprint density at radius 3 is 1.14 bits per heavy atom. The monoisotopic (exact) mass is 553 g/mol. The van der Waals surface area contributed by atoms with Crippen LogP contribution in [0, 0.1) is 0 Å². The van der Waals surface area contributed by atoms with E-state index in [1.54, 1.807) is 12.4 Å². The summed E-state index contributed by atoms with van der Waals surface area (Å²) < 4.78 is 0. The van der Waals surface area contributed by atoms with E-state index in [-0.39, 0.29) is 0 Å². The van der Waals surface area contributed by atoms with E-state index >= 15 is 0 Å². The maximum atomic E-state index is 4.88. The van der Waals surface area contributed by atoms with Crippen molar-refractivity contribution in [1.29, 1.82) is 0 Å². The molecule has 0 bridgehead atoms. The molecule has 0 N–H and O–H groups in total. The van der Waals surface area contributed by atoms with Gasteiger partial charge in [-0.15, -0.1) is 0 Å². The van der Waals surface area contributed by atoms with E-state index in [1.807, 2.05) is 78.9 Å². The van der Waals surface area contributed by atoms with Crippen LogP contribution in [0.1, 0.15) is 0 Å². The van der Waals surface area contributed by atoms with Crippen molar-refractivity contribution in [2.24, 2.45) is 0 Å². The molecule has 43 heavy (non-hydrogen) atoms. The molecule has 0 amide bonds. The smallest absolute Gasteiger partial charge is 0.0893 e. The molecule has 7 aromatic rings. The average molecular weight is 554 g/mol. The highest BCUT2D eigenvalue weighted by molar-refractivity contribution is 5.79. The molecule has 0 spiro atoms. The number of aromatic nitrogens is 4. The standard InChI is InChI=1S/C38H27N5/c1-2-10-30(11-3-1)43(31-22-18-28(19-23-31)33-14-8-16-37(41-33)35-12-4-6-26-39-35)32-24-20-29(21-25-32)34-15-9-17-38(42-34)36-13-5-7-27-40-36/h1-27H. The van der Waals surface area contributed by atoms with Crippen molar-refractivity contribution < 1.29 is 0 Å². The van der Waals surface area contributed by atoms with Gasteiger partial charge in [0.15, 0.2) is 0 Å². The number of pyridine rings is 4. The van der Waals surface area contributed by atoms with E-state index in [1.165, 1.54) is 0 Å². The molecule has 5 heteroatoms. The number of hydrogen-bond donors (Lipinski definition) is 0. The second kappa shape index (κ2) is 11.9. The molecule has 4 heterocycles. The Kier molecular flexibility index (Phi) is 7.19. The van der Waals surface area contributed by atoms with E-state index in [0.29, 0.717) is 0 Å². The van der Waals surface area contributed by atoms with Crippen molar-refractivity contribution in [1.82, 2.24) is 19.9 Å². The van der Waals surface area contributed by atoms with Gasteiger partial charge >= 0.3 is 0 Å². The van der Waals surface area contributed by atoms with Crippen LogP contribution in [0.25, 0.3) is 45.3 Å². The lowest BCUT2D eigenvalue weighted by atomic mass is 10.1. The molecule has 0 aliphatic rings. The molecular formula is C38H27N5. The minimum atomic E-state index is 0.855. The molecule has 0 unspecified atom stereocenters. The molecule has 0 aliphatic carbocycles. The van der Waals surface area contributed by atoms with Crippen molar-refractivity contribution >= 4 is 17.1 Å². The third-order valence-corrected chi connectivity index (χ3v) is 7.21. The van der Waals surface area contributed by atoms with Gasteiger partial charge in [-0.3, -0.25) is 9.97 Å². The Labute approximate surface area is 250 Å². The van der Waals surface area contributed by atoms with E-state index in [9.17, 15) is 0 Å². The molecule has 0 atom stereocenters. The summed E-state index contributed by atoms with van der Waals surface area (Å²) in [4.78, 5) is 20.9. The van der Waals surface area contributed by atoms with Crippen LogP contribution in [0.4, 0.5) is 17.1 Å². The molecule has 4 aromatic heterocycles. The predicted octanol–water partition coefficient (Wildman–Crippen LogP) is 9.40. The molecule has 5 nitrogen and oxygen atoms in total. The largest absolute Gasteiger partial charge is 0.311 e. The van der Waals surface area contributed by atoms with Crippen LogP contribution in [0.3, 0.4) is 0 Å². The molecular weight excluding hydrogens is 526 g/mol. The summed E-state index contributed by atoms with van der Waals surface area (Å²) in [5.41, 5.74) is 10.5. The predicted molar refractivity (Wildman–Crippen MR) is 174 cm³/mol. The molecule has 0 saturated heterocycles. The van der Waals surface area contributed by atoms with Crippen molar-refractivity contribution in [3.05, 3.63) is 164 Å². The fourth-order valence-corrected chi connectivity index (χ4v) is 5.09. The van der Waals surface area contributed by atoms with Gasteiger partial charge in [-0.05, 0) is 84.9 Å². The van der Waals surface area contributed by atoms with Crippen molar-refractivity contribution in [2.45, 2.75) is 0 Å². The number of para-hydroxylation sites is 1. The number of benzene rings is 3. The van der Waals surface area contributed by atoms with E-state index < -0.39 is 0 Å². The maximum absolute atomic E-state index is 4.88. The van der Waals surface area contributed by atoms with E-state index in [0.717, 1.165) is 62.4 Å². The topological polar surface area (TPSA) is 54.8 Å². The van der Waals surface area contributed by atoms with Crippen LogP contribution in [-0.4, -0.2) is 19.9 Å². The zero-order valence-corrected chi connectivity index (χ0v) is 23.3. The minimum Gasteiger partial charge on any atom is -0.311 e. The second-order valence-electron chi connectivity index (χ2n) is 10.0.